The van der Waals surface area contributed by atoms with Crippen molar-refractivity contribution < 1.29 is 9.21 Å². The number of aromatic nitrogens is 3. The summed E-state index contributed by atoms with van der Waals surface area (Å²) in [5, 5.41) is 10.8. The first-order valence-corrected chi connectivity index (χ1v) is 6.88. The summed E-state index contributed by atoms with van der Waals surface area (Å²) < 4.78 is 5.48. The highest BCUT2D eigenvalue weighted by atomic mass is 32.2. The van der Waals surface area contributed by atoms with Gasteiger partial charge in [-0.25, -0.2) is 0 Å². The lowest BCUT2D eigenvalue weighted by molar-refractivity contribution is -0.120. The molecule has 0 saturated carbocycles. The van der Waals surface area contributed by atoms with Crippen LogP contribution in [0.25, 0.3) is 11.6 Å². The number of carbonyl (C=O) groups excluding carboxylic acids is 1. The van der Waals surface area contributed by atoms with Crippen molar-refractivity contribution in [3.05, 3.63) is 18.3 Å². The number of nitrogens with one attached hydrogen (secondary N) is 2. The van der Waals surface area contributed by atoms with Crippen molar-refractivity contribution in [1.82, 2.24) is 20.5 Å². The molecule has 2 rings (SSSR count). The topological polar surface area (TPSA) is 83.8 Å². The van der Waals surface area contributed by atoms with Crippen molar-refractivity contribution in [2.24, 2.45) is 0 Å². The van der Waals surface area contributed by atoms with E-state index in [0.717, 1.165) is 5.69 Å². The first-order chi connectivity index (χ1) is 9.06. The number of hydrogen-bond donors (Lipinski definition) is 2. The predicted molar refractivity (Wildman–Crippen MR) is 72.7 cm³/mol. The van der Waals surface area contributed by atoms with Crippen LogP contribution in [0.4, 0.5) is 0 Å². The Morgan fingerprint density at radius 1 is 1.42 bits per heavy atom. The fraction of sp³-hybridized carbons (Fsp3) is 0.417. The summed E-state index contributed by atoms with van der Waals surface area (Å²) in [6, 6.07) is 3.81. The number of nitrogens with zero attached hydrogens (tertiary/aromatic N) is 2. The standard InChI is InChI=1S/C12H16N4O2S/c1-7(2)14-10(17)8(3)19-12-16-15-11(18-12)9-5-4-6-13-9/h4-8,13H,1-3H3,(H,14,17)/t8-/m0/s1. The van der Waals surface area contributed by atoms with Crippen molar-refractivity contribution in [3.63, 3.8) is 0 Å². The Hall–Kier alpha value is -1.76. The molecule has 0 bridgehead atoms. The Kier molecular flexibility index (Phi) is 4.26. The number of carbonyl (C=O) groups is 1. The van der Waals surface area contributed by atoms with Crippen molar-refractivity contribution in [2.75, 3.05) is 0 Å². The molecule has 0 aliphatic heterocycles. The van der Waals surface area contributed by atoms with Gasteiger partial charge in [-0.05, 0) is 32.9 Å². The fourth-order valence-electron chi connectivity index (χ4n) is 1.44. The molecule has 102 valence electrons. The summed E-state index contributed by atoms with van der Waals surface area (Å²) in [5.41, 5.74) is 0.763. The van der Waals surface area contributed by atoms with Crippen molar-refractivity contribution >= 4 is 17.7 Å². The summed E-state index contributed by atoms with van der Waals surface area (Å²) in [5.74, 6) is 0.378. The zero-order valence-electron chi connectivity index (χ0n) is 11.0. The average Bonchev–Trinajstić information content (AvgIpc) is 2.96. The maximum Gasteiger partial charge on any atom is 0.277 e. The van der Waals surface area contributed by atoms with Gasteiger partial charge >= 0.3 is 0 Å². The van der Waals surface area contributed by atoms with E-state index in [-0.39, 0.29) is 17.2 Å². The number of aromatic amines is 1. The van der Waals surface area contributed by atoms with Crippen molar-refractivity contribution in [3.8, 4) is 11.6 Å². The Bertz CT molecular complexity index is 536. The molecule has 0 saturated heterocycles. The number of H-pyrrole nitrogens is 1. The van der Waals surface area contributed by atoms with Gasteiger partial charge in [0.2, 0.25) is 5.91 Å². The zero-order valence-corrected chi connectivity index (χ0v) is 11.8. The summed E-state index contributed by atoms with van der Waals surface area (Å²) >= 11 is 1.25. The molecule has 0 aliphatic rings. The van der Waals surface area contributed by atoms with Gasteiger partial charge in [0.05, 0.1) is 5.25 Å². The fourth-order valence-corrected chi connectivity index (χ4v) is 2.13. The van der Waals surface area contributed by atoms with Gasteiger partial charge in [-0.1, -0.05) is 11.8 Å². The molecule has 0 fully saturated rings. The lowest BCUT2D eigenvalue weighted by atomic mass is 10.3. The van der Waals surface area contributed by atoms with Gasteiger partial charge in [0.25, 0.3) is 11.1 Å². The molecule has 0 spiro atoms. The Morgan fingerprint density at radius 2 is 2.21 bits per heavy atom. The molecule has 0 radical (unpaired) electrons. The quantitative estimate of drug-likeness (QED) is 0.819. The van der Waals surface area contributed by atoms with Crippen LogP contribution in [0.5, 0.6) is 0 Å². The summed E-state index contributed by atoms with van der Waals surface area (Å²) in [4.78, 5) is 14.7. The monoisotopic (exact) mass is 280 g/mol. The highest BCUT2D eigenvalue weighted by Crippen LogP contribution is 2.25. The smallest absolute Gasteiger partial charge is 0.277 e. The third-order valence-electron chi connectivity index (χ3n) is 2.31. The number of hydrogen-bond acceptors (Lipinski definition) is 5. The molecule has 0 unspecified atom stereocenters. The molecular formula is C12H16N4O2S. The van der Waals surface area contributed by atoms with Gasteiger partial charge < -0.3 is 14.7 Å². The maximum absolute atomic E-state index is 11.8. The Balaban J connectivity index is 1.98. The first-order valence-electron chi connectivity index (χ1n) is 6.00. The van der Waals surface area contributed by atoms with E-state index in [2.05, 4.69) is 20.5 Å². The van der Waals surface area contributed by atoms with E-state index in [1.165, 1.54) is 11.8 Å². The second kappa shape index (κ2) is 5.92. The second-order valence-corrected chi connectivity index (χ2v) is 5.67. The van der Waals surface area contributed by atoms with Crippen LogP contribution in [-0.4, -0.2) is 32.4 Å². The number of thioether (sulfide) groups is 1. The SMILES string of the molecule is CC(C)NC(=O)[C@H](C)Sc1nnc(-c2ccc[nH]2)o1. The van der Waals surface area contributed by atoms with Crippen LogP contribution >= 0.6 is 11.8 Å². The van der Waals surface area contributed by atoms with E-state index in [9.17, 15) is 4.79 Å². The molecule has 6 nitrogen and oxygen atoms in total. The lowest BCUT2D eigenvalue weighted by Crippen LogP contribution is -2.35. The molecule has 2 aromatic heterocycles. The van der Waals surface area contributed by atoms with Crippen LogP contribution in [0.1, 0.15) is 20.8 Å². The third kappa shape index (κ3) is 3.60. The Morgan fingerprint density at radius 3 is 2.84 bits per heavy atom. The molecule has 1 amide bonds. The number of rotatable bonds is 5. The van der Waals surface area contributed by atoms with Crippen LogP contribution in [0.15, 0.2) is 28.0 Å². The van der Waals surface area contributed by atoms with Crippen LogP contribution in [0.3, 0.4) is 0 Å². The van der Waals surface area contributed by atoms with Crippen LogP contribution in [0.2, 0.25) is 0 Å². The third-order valence-corrected chi connectivity index (χ3v) is 3.25. The first kappa shape index (κ1) is 13.7. The molecule has 0 aromatic carbocycles. The molecule has 2 aromatic rings. The van der Waals surface area contributed by atoms with Crippen molar-refractivity contribution in [1.29, 1.82) is 0 Å². The minimum Gasteiger partial charge on any atom is -0.410 e. The molecule has 0 aliphatic carbocycles. The van der Waals surface area contributed by atoms with E-state index >= 15 is 0 Å². The van der Waals surface area contributed by atoms with Gasteiger partial charge in [0.1, 0.15) is 5.69 Å². The van der Waals surface area contributed by atoms with Gasteiger partial charge in [0, 0.05) is 12.2 Å². The minimum atomic E-state index is -0.278. The highest BCUT2D eigenvalue weighted by molar-refractivity contribution is 8.00. The van der Waals surface area contributed by atoms with E-state index in [4.69, 9.17) is 4.42 Å². The molecule has 1 atom stereocenters. The largest absolute Gasteiger partial charge is 0.410 e. The average molecular weight is 280 g/mol. The van der Waals surface area contributed by atoms with E-state index in [0.29, 0.717) is 11.1 Å². The number of amides is 1. The molecule has 2 heterocycles. The van der Waals surface area contributed by atoms with Crippen molar-refractivity contribution in [2.45, 2.75) is 37.3 Å². The normalized spacial score (nSPS) is 12.6. The summed E-state index contributed by atoms with van der Waals surface area (Å²) in [7, 11) is 0. The maximum atomic E-state index is 11.8. The van der Waals surface area contributed by atoms with Gasteiger partial charge in [-0.15, -0.1) is 10.2 Å². The summed E-state index contributed by atoms with van der Waals surface area (Å²) in [6.07, 6.45) is 1.78. The lowest BCUT2D eigenvalue weighted by Gasteiger charge is -2.12. The minimum absolute atomic E-state index is 0.0420. The zero-order chi connectivity index (χ0) is 13.8. The van der Waals surface area contributed by atoms with Gasteiger partial charge in [-0.3, -0.25) is 4.79 Å². The van der Waals surface area contributed by atoms with Gasteiger partial charge in [0.15, 0.2) is 0 Å². The molecule has 7 heteroatoms. The molecular weight excluding hydrogens is 264 g/mol. The predicted octanol–water partition coefficient (Wildman–Crippen LogP) is 2.07. The second-order valence-electron chi connectivity index (χ2n) is 4.38. The van der Waals surface area contributed by atoms with Crippen LogP contribution < -0.4 is 5.32 Å². The van der Waals surface area contributed by atoms with Crippen LogP contribution in [0, 0.1) is 0 Å². The van der Waals surface area contributed by atoms with Gasteiger partial charge in [-0.2, -0.15) is 0 Å². The molecule has 19 heavy (non-hydrogen) atoms. The molecule has 2 N–H and O–H groups in total. The summed E-state index contributed by atoms with van der Waals surface area (Å²) in [6.45, 7) is 5.65. The van der Waals surface area contributed by atoms with E-state index in [1.807, 2.05) is 26.0 Å². The van der Waals surface area contributed by atoms with E-state index < -0.39 is 0 Å². The Labute approximate surface area is 115 Å². The van der Waals surface area contributed by atoms with Crippen LogP contribution in [-0.2, 0) is 4.79 Å². The highest BCUT2D eigenvalue weighted by Gasteiger charge is 2.19. The van der Waals surface area contributed by atoms with E-state index in [1.54, 1.807) is 13.1 Å².